The van der Waals surface area contributed by atoms with E-state index in [0.29, 0.717) is 22.0 Å². The number of ether oxygens (including phenoxy) is 1. The minimum atomic E-state index is -0.286. The lowest BCUT2D eigenvalue weighted by molar-refractivity contribution is 0.0998. The number of hydrogen-bond donors (Lipinski definition) is 0. The molecule has 0 bridgehead atoms. The van der Waals surface area contributed by atoms with Gasteiger partial charge in [-0.3, -0.25) is 4.79 Å². The predicted octanol–water partition coefficient (Wildman–Crippen LogP) is 4.03. The molecule has 0 saturated heterocycles. The Morgan fingerprint density at radius 2 is 2.00 bits per heavy atom. The molecule has 1 heterocycles. The molecule has 1 aromatic heterocycles. The predicted molar refractivity (Wildman–Crippen MR) is 93.3 cm³/mol. The summed E-state index contributed by atoms with van der Waals surface area (Å²) in [4.78, 5) is 17.2. The number of thiazole rings is 1. The van der Waals surface area contributed by atoms with Gasteiger partial charge in [0.05, 0.1) is 21.8 Å². The first-order chi connectivity index (χ1) is 11.1. The van der Waals surface area contributed by atoms with E-state index in [2.05, 4.69) is 4.99 Å². The first-order valence-corrected chi connectivity index (χ1v) is 8.35. The number of carbonyl (C=O) groups excluding carboxylic acids is 1. The average molecular weight is 347 g/mol. The van der Waals surface area contributed by atoms with E-state index in [-0.39, 0.29) is 5.91 Å². The Morgan fingerprint density at radius 1 is 1.26 bits per heavy atom. The van der Waals surface area contributed by atoms with Crippen LogP contribution in [0, 0.1) is 0 Å². The molecular formula is C17H15ClN2O2S. The maximum Gasteiger partial charge on any atom is 0.279 e. The van der Waals surface area contributed by atoms with Crippen LogP contribution in [-0.2, 0) is 7.05 Å². The highest BCUT2D eigenvalue weighted by Crippen LogP contribution is 2.24. The van der Waals surface area contributed by atoms with Gasteiger partial charge < -0.3 is 9.30 Å². The molecule has 0 atom stereocenters. The van der Waals surface area contributed by atoms with Crippen LogP contribution >= 0.6 is 22.9 Å². The molecule has 23 heavy (non-hydrogen) atoms. The molecule has 0 unspecified atom stereocenters. The maximum absolute atomic E-state index is 12.4. The van der Waals surface area contributed by atoms with Crippen molar-refractivity contribution in [2.75, 3.05) is 6.61 Å². The molecule has 2 aromatic carbocycles. The number of hydrogen-bond acceptors (Lipinski definition) is 3. The highest BCUT2D eigenvalue weighted by Gasteiger charge is 2.09. The van der Waals surface area contributed by atoms with Gasteiger partial charge in [0.1, 0.15) is 5.75 Å². The van der Waals surface area contributed by atoms with Crippen LogP contribution in [0.15, 0.2) is 47.5 Å². The number of benzene rings is 2. The molecule has 0 saturated carbocycles. The van der Waals surface area contributed by atoms with Gasteiger partial charge in [0.2, 0.25) is 0 Å². The van der Waals surface area contributed by atoms with Crippen LogP contribution < -0.4 is 9.54 Å². The number of amides is 1. The Hall–Kier alpha value is -2.11. The number of carbonyl (C=O) groups is 1. The second-order valence-electron chi connectivity index (χ2n) is 4.90. The third kappa shape index (κ3) is 3.16. The highest BCUT2D eigenvalue weighted by molar-refractivity contribution is 7.16. The van der Waals surface area contributed by atoms with Crippen LogP contribution in [0.4, 0.5) is 0 Å². The molecule has 1 amide bonds. The second-order valence-corrected chi connectivity index (χ2v) is 6.32. The van der Waals surface area contributed by atoms with Gasteiger partial charge in [-0.25, -0.2) is 0 Å². The van der Waals surface area contributed by atoms with Crippen molar-refractivity contribution in [2.24, 2.45) is 12.0 Å². The first-order valence-electron chi connectivity index (χ1n) is 7.16. The first kappa shape index (κ1) is 15.8. The lowest BCUT2D eigenvalue weighted by Gasteiger charge is -2.02. The summed E-state index contributed by atoms with van der Waals surface area (Å²) >= 11 is 7.66. The minimum Gasteiger partial charge on any atom is -0.494 e. The molecule has 0 aliphatic rings. The van der Waals surface area contributed by atoms with Gasteiger partial charge in [-0.05, 0) is 43.3 Å². The molecule has 0 radical (unpaired) electrons. The van der Waals surface area contributed by atoms with Crippen LogP contribution in [0.3, 0.4) is 0 Å². The van der Waals surface area contributed by atoms with Crippen molar-refractivity contribution in [3.8, 4) is 5.75 Å². The van der Waals surface area contributed by atoms with Crippen molar-refractivity contribution in [1.82, 2.24) is 4.57 Å². The number of rotatable bonds is 3. The number of para-hydroxylation sites is 1. The summed E-state index contributed by atoms with van der Waals surface area (Å²) in [7, 11) is 1.86. The lowest BCUT2D eigenvalue weighted by Crippen LogP contribution is -2.13. The number of nitrogens with zero attached hydrogens (tertiary/aromatic N) is 2. The number of halogens is 1. The van der Waals surface area contributed by atoms with Crippen LogP contribution in [0.25, 0.3) is 10.2 Å². The van der Waals surface area contributed by atoms with Crippen LogP contribution in [0.1, 0.15) is 17.3 Å². The van der Waals surface area contributed by atoms with Crippen LogP contribution in [0.5, 0.6) is 5.75 Å². The normalized spacial score (nSPS) is 11.9. The van der Waals surface area contributed by atoms with E-state index in [4.69, 9.17) is 16.3 Å². The zero-order valence-electron chi connectivity index (χ0n) is 12.7. The number of aromatic nitrogens is 1. The smallest absolute Gasteiger partial charge is 0.279 e. The van der Waals surface area contributed by atoms with E-state index >= 15 is 0 Å². The molecule has 4 nitrogen and oxygen atoms in total. The standard InChI is InChI=1S/C17H15ClN2O2S/c1-3-22-12-9-7-11(8-10-12)16(21)19-17-20(2)15-13(18)5-4-6-14(15)23-17/h4-10H,3H2,1-2H3. The fraction of sp³-hybridized carbons (Fsp3) is 0.176. The SMILES string of the molecule is CCOc1ccc(C(=O)N=c2sc3cccc(Cl)c3n2C)cc1. The highest BCUT2D eigenvalue weighted by atomic mass is 35.5. The quantitative estimate of drug-likeness (QED) is 0.718. The zero-order chi connectivity index (χ0) is 16.4. The Labute approximate surface area is 142 Å². The molecule has 0 N–H and O–H groups in total. The topological polar surface area (TPSA) is 43.6 Å². The van der Waals surface area contributed by atoms with E-state index in [0.717, 1.165) is 16.0 Å². The van der Waals surface area contributed by atoms with E-state index in [1.807, 2.05) is 36.7 Å². The van der Waals surface area contributed by atoms with Gasteiger partial charge in [-0.2, -0.15) is 4.99 Å². The van der Waals surface area contributed by atoms with E-state index < -0.39 is 0 Å². The molecule has 0 aliphatic carbocycles. The third-order valence-electron chi connectivity index (χ3n) is 3.38. The molecule has 6 heteroatoms. The lowest BCUT2D eigenvalue weighted by atomic mass is 10.2. The molecule has 3 aromatic rings. The average Bonchev–Trinajstić information content (AvgIpc) is 2.86. The maximum atomic E-state index is 12.4. The van der Waals surface area contributed by atoms with Gasteiger partial charge in [-0.1, -0.05) is 29.0 Å². The van der Waals surface area contributed by atoms with E-state index in [1.165, 1.54) is 11.3 Å². The van der Waals surface area contributed by atoms with Gasteiger partial charge in [0.15, 0.2) is 4.80 Å². The zero-order valence-corrected chi connectivity index (χ0v) is 14.3. The van der Waals surface area contributed by atoms with Crippen molar-refractivity contribution in [3.05, 3.63) is 57.9 Å². The summed E-state index contributed by atoms with van der Waals surface area (Å²) in [5.74, 6) is 0.453. The van der Waals surface area contributed by atoms with Crippen molar-refractivity contribution in [2.45, 2.75) is 6.92 Å². The number of aryl methyl sites for hydroxylation is 1. The summed E-state index contributed by atoms with van der Waals surface area (Å²) in [6, 6.07) is 12.7. The Kier molecular flexibility index (Phi) is 4.50. The third-order valence-corrected chi connectivity index (χ3v) is 4.78. The Balaban J connectivity index is 1.99. The molecule has 3 rings (SSSR count). The second kappa shape index (κ2) is 6.56. The van der Waals surface area contributed by atoms with Gasteiger partial charge in [-0.15, -0.1) is 0 Å². The Bertz CT molecular complexity index is 926. The summed E-state index contributed by atoms with van der Waals surface area (Å²) in [5.41, 5.74) is 1.41. The molecular weight excluding hydrogens is 332 g/mol. The fourth-order valence-electron chi connectivity index (χ4n) is 2.28. The molecule has 0 fully saturated rings. The summed E-state index contributed by atoms with van der Waals surface area (Å²) in [5, 5.41) is 0.649. The monoisotopic (exact) mass is 346 g/mol. The van der Waals surface area contributed by atoms with Gasteiger partial charge >= 0.3 is 0 Å². The summed E-state index contributed by atoms with van der Waals surface area (Å²) in [6.07, 6.45) is 0. The van der Waals surface area contributed by atoms with Crippen molar-refractivity contribution >= 4 is 39.1 Å². The van der Waals surface area contributed by atoms with Gasteiger partial charge in [0, 0.05) is 12.6 Å². The largest absolute Gasteiger partial charge is 0.494 e. The van der Waals surface area contributed by atoms with Crippen LogP contribution in [0.2, 0.25) is 5.02 Å². The van der Waals surface area contributed by atoms with Crippen molar-refractivity contribution in [3.63, 3.8) is 0 Å². The Morgan fingerprint density at radius 3 is 2.65 bits per heavy atom. The van der Waals surface area contributed by atoms with E-state index in [1.54, 1.807) is 24.3 Å². The minimum absolute atomic E-state index is 0.286. The van der Waals surface area contributed by atoms with Crippen LogP contribution in [-0.4, -0.2) is 17.1 Å². The number of fused-ring (bicyclic) bond motifs is 1. The molecule has 0 spiro atoms. The van der Waals surface area contributed by atoms with Gasteiger partial charge in [0.25, 0.3) is 5.91 Å². The molecule has 0 aliphatic heterocycles. The summed E-state index contributed by atoms with van der Waals surface area (Å²) in [6.45, 7) is 2.51. The van der Waals surface area contributed by atoms with Crippen molar-refractivity contribution < 1.29 is 9.53 Å². The van der Waals surface area contributed by atoms with E-state index in [9.17, 15) is 4.79 Å². The fourth-order valence-corrected chi connectivity index (χ4v) is 3.68. The molecule has 118 valence electrons. The summed E-state index contributed by atoms with van der Waals surface area (Å²) < 4.78 is 8.21. The van der Waals surface area contributed by atoms with Crippen molar-refractivity contribution in [1.29, 1.82) is 0 Å².